The number of phenolic OH excluding ortho intramolecular Hbond substituents is 1. The molecule has 34 heavy (non-hydrogen) atoms. The van der Waals surface area contributed by atoms with E-state index in [1.54, 1.807) is 48.5 Å². The molecule has 0 radical (unpaired) electrons. The van der Waals surface area contributed by atoms with E-state index < -0.39 is 29.8 Å². The molecule has 0 unspecified atom stereocenters. The van der Waals surface area contributed by atoms with Crippen molar-refractivity contribution in [1.29, 1.82) is 5.41 Å². The van der Waals surface area contributed by atoms with Crippen molar-refractivity contribution in [2.45, 2.75) is 18.5 Å². The molecule has 0 heterocycles. The van der Waals surface area contributed by atoms with Crippen LogP contribution in [0.2, 0.25) is 1.41 Å². The number of hydrogen-bond donors (Lipinski definition) is 6. The van der Waals surface area contributed by atoms with E-state index in [0.29, 0.717) is 22.0 Å². The molecule has 0 aromatic heterocycles. The molecule has 3 aromatic rings. The summed E-state index contributed by atoms with van der Waals surface area (Å²) in [6, 6.07) is 17.7. The highest BCUT2D eigenvalue weighted by Crippen LogP contribution is 2.16. The Morgan fingerprint density at radius 1 is 0.941 bits per heavy atom. The van der Waals surface area contributed by atoms with Crippen LogP contribution in [0.1, 0.15) is 33.1 Å². The zero-order chi connectivity index (χ0) is 25.5. The van der Waals surface area contributed by atoms with E-state index in [4.69, 9.17) is 18.3 Å². The number of rotatable bonds is 9. The molecule has 0 aliphatic carbocycles. The summed E-state index contributed by atoms with van der Waals surface area (Å²) in [5.41, 5.74) is 12.4. The molecule has 0 fully saturated rings. The normalized spacial score (nSPS) is 12.6. The minimum Gasteiger partial charge on any atom is -0.508 e. The number of amidine groups is 1. The number of nitrogens with two attached hydrogens (primary N) is 2. The van der Waals surface area contributed by atoms with Crippen LogP contribution in [0, 0.1) is 5.41 Å². The Kier molecular flexibility index (Phi) is 7.14. The van der Waals surface area contributed by atoms with E-state index in [1.807, 2.05) is 0 Å². The van der Waals surface area contributed by atoms with Gasteiger partial charge < -0.3 is 27.2 Å². The van der Waals surface area contributed by atoms with Crippen LogP contribution in [-0.2, 0) is 16.0 Å². The number of carbonyl (C=O) groups is 3. The lowest BCUT2D eigenvalue weighted by atomic mass is 10.0. The van der Waals surface area contributed by atoms with Crippen LogP contribution in [0.5, 0.6) is 5.75 Å². The van der Waals surface area contributed by atoms with E-state index in [9.17, 15) is 19.5 Å². The molecule has 0 saturated carbocycles. The fourth-order valence-electron chi connectivity index (χ4n) is 3.27. The van der Waals surface area contributed by atoms with Crippen molar-refractivity contribution >= 4 is 23.6 Å². The quantitative estimate of drug-likeness (QED) is 0.209. The fourth-order valence-corrected chi connectivity index (χ4v) is 3.27. The smallest absolute Gasteiger partial charge is 0.252 e. The highest BCUT2D eigenvalue weighted by atomic mass is 16.3. The monoisotopic (exact) mass is 460 g/mol. The Bertz CT molecular complexity index is 1230. The molecule has 2 atom stereocenters. The van der Waals surface area contributed by atoms with Gasteiger partial charge in [0.2, 0.25) is 11.8 Å². The molecular weight excluding hydrogens is 434 g/mol. The molecule has 3 rings (SSSR count). The van der Waals surface area contributed by atoms with E-state index in [-0.39, 0.29) is 23.6 Å². The van der Waals surface area contributed by atoms with Crippen LogP contribution < -0.4 is 22.1 Å². The predicted molar refractivity (Wildman–Crippen MR) is 127 cm³/mol. The van der Waals surface area contributed by atoms with E-state index in [2.05, 4.69) is 5.32 Å². The summed E-state index contributed by atoms with van der Waals surface area (Å²) >= 11 is 0. The fraction of sp³-hybridized carbons (Fsp3) is 0.120. The standard InChI is InChI=1S/C25H25N5O4/c26-22(27)17-7-4-8-18(14-17)24(33)30-21(16-5-2-1-3-6-16)25(34)29-20(23(28)32)13-15-9-11-19(31)12-10-15/h1-12,14,20-21,31H,13H2,(H3,26,27)(H2,28,32)(H,29,34)(H,30,33)/t20-,21+/m0/s1/i/hD. The number of primary amides is 1. The summed E-state index contributed by atoms with van der Waals surface area (Å²) < 4.78 is 8.51. The van der Waals surface area contributed by atoms with Gasteiger partial charge >= 0.3 is 0 Å². The second-order valence-corrected chi connectivity index (χ2v) is 7.58. The van der Waals surface area contributed by atoms with Crippen LogP contribution >= 0.6 is 0 Å². The first kappa shape index (κ1) is 22.5. The first-order valence-corrected chi connectivity index (χ1v) is 10.4. The molecule has 3 amide bonds. The second kappa shape index (κ2) is 10.8. The summed E-state index contributed by atoms with van der Waals surface area (Å²) in [6.45, 7) is 0. The number of nitrogen functional groups attached to an aromatic ring is 1. The Morgan fingerprint density at radius 3 is 2.21 bits per heavy atom. The minimum absolute atomic E-state index is 0.0507. The lowest BCUT2D eigenvalue weighted by Crippen LogP contribution is -2.50. The topological polar surface area (TPSA) is 171 Å². The van der Waals surface area contributed by atoms with Crippen molar-refractivity contribution in [2.24, 2.45) is 11.5 Å². The van der Waals surface area contributed by atoms with Gasteiger partial charge in [-0.2, -0.15) is 0 Å². The molecule has 9 heteroatoms. The first-order valence-electron chi connectivity index (χ1n) is 10.8. The van der Waals surface area contributed by atoms with Crippen LogP contribution in [0.15, 0.2) is 78.9 Å². The van der Waals surface area contributed by atoms with Gasteiger partial charge in [0.05, 0.1) is 0 Å². The Hall–Kier alpha value is -4.66. The average Bonchev–Trinajstić information content (AvgIpc) is 2.85. The van der Waals surface area contributed by atoms with Crippen molar-refractivity contribution in [1.82, 2.24) is 10.6 Å². The minimum atomic E-state index is -1.40. The van der Waals surface area contributed by atoms with Gasteiger partial charge in [-0.05, 0) is 35.4 Å². The SMILES string of the molecule is [2H]N(C(=O)c1cccc(C(=N)N)c1)[C@@H](C(=O)N[C@@H](Cc1ccc(O)cc1)C(N)=O)c1ccccc1. The average molecular weight is 461 g/mol. The van der Waals surface area contributed by atoms with E-state index in [1.165, 1.54) is 30.3 Å². The molecular formula is C25H25N5O4. The van der Waals surface area contributed by atoms with Crippen LogP contribution in [0.4, 0.5) is 0 Å². The highest BCUT2D eigenvalue weighted by Gasteiger charge is 2.27. The lowest BCUT2D eigenvalue weighted by Gasteiger charge is -2.22. The lowest BCUT2D eigenvalue weighted by molar-refractivity contribution is -0.128. The number of nitrogens with one attached hydrogen (secondary N) is 3. The molecule has 0 bridgehead atoms. The molecule has 0 aliphatic rings. The molecule has 0 saturated heterocycles. The van der Waals surface area contributed by atoms with E-state index in [0.717, 1.165) is 0 Å². The molecule has 174 valence electrons. The van der Waals surface area contributed by atoms with Crippen molar-refractivity contribution in [3.63, 3.8) is 0 Å². The molecule has 0 aliphatic heterocycles. The van der Waals surface area contributed by atoms with Gasteiger partial charge in [-0.25, -0.2) is 0 Å². The third-order valence-electron chi connectivity index (χ3n) is 5.07. The number of phenols is 1. The van der Waals surface area contributed by atoms with Crippen molar-refractivity contribution in [3.05, 3.63) is 101 Å². The maximum atomic E-state index is 13.3. The van der Waals surface area contributed by atoms with Gasteiger partial charge in [0.25, 0.3) is 5.91 Å². The summed E-state index contributed by atoms with van der Waals surface area (Å²) in [5.74, 6) is -2.56. The summed E-state index contributed by atoms with van der Waals surface area (Å²) in [6.07, 6.45) is 0.0511. The zero-order valence-electron chi connectivity index (χ0n) is 19.1. The summed E-state index contributed by atoms with van der Waals surface area (Å²) in [5, 5.41) is 20.1. The van der Waals surface area contributed by atoms with Gasteiger partial charge in [0, 0.05) is 17.5 Å². The zero-order valence-corrected chi connectivity index (χ0v) is 18.1. The van der Waals surface area contributed by atoms with Crippen LogP contribution in [-0.4, -0.2) is 34.7 Å². The number of amides is 3. The van der Waals surface area contributed by atoms with Crippen molar-refractivity contribution in [3.8, 4) is 5.75 Å². The Labute approximate surface area is 197 Å². The maximum absolute atomic E-state index is 13.3. The highest BCUT2D eigenvalue weighted by molar-refractivity contribution is 6.01. The van der Waals surface area contributed by atoms with Gasteiger partial charge in [-0.3, -0.25) is 19.8 Å². The molecule has 8 N–H and O–H groups in total. The summed E-state index contributed by atoms with van der Waals surface area (Å²) in [7, 11) is 0. The number of aromatic hydroxyl groups is 1. The van der Waals surface area contributed by atoms with Gasteiger partial charge in [0.15, 0.2) is 1.41 Å². The predicted octanol–water partition coefficient (Wildman–Crippen LogP) is 1.36. The Morgan fingerprint density at radius 2 is 1.59 bits per heavy atom. The van der Waals surface area contributed by atoms with E-state index >= 15 is 0 Å². The van der Waals surface area contributed by atoms with Crippen LogP contribution in [0.3, 0.4) is 0 Å². The third kappa shape index (κ3) is 6.19. The van der Waals surface area contributed by atoms with Gasteiger partial charge in [-0.15, -0.1) is 0 Å². The number of carbonyl (C=O) groups excluding carboxylic acids is 3. The maximum Gasteiger partial charge on any atom is 0.252 e. The largest absolute Gasteiger partial charge is 0.508 e. The number of hydrogen-bond acceptors (Lipinski definition) is 5. The molecule has 0 spiro atoms. The second-order valence-electron chi connectivity index (χ2n) is 7.58. The van der Waals surface area contributed by atoms with Gasteiger partial charge in [-0.1, -0.05) is 54.6 Å². The number of benzene rings is 3. The Balaban J connectivity index is 1.89. The van der Waals surface area contributed by atoms with Crippen molar-refractivity contribution in [2.75, 3.05) is 0 Å². The molecule has 9 nitrogen and oxygen atoms in total. The summed E-state index contributed by atoms with van der Waals surface area (Å²) in [4.78, 5) is 38.5. The third-order valence-corrected chi connectivity index (χ3v) is 5.07. The van der Waals surface area contributed by atoms with Crippen molar-refractivity contribution < 1.29 is 20.9 Å². The molecule has 3 aromatic carbocycles. The van der Waals surface area contributed by atoms with Gasteiger partial charge in [0.1, 0.15) is 23.7 Å². The first-order chi connectivity index (χ1) is 16.7. The van der Waals surface area contributed by atoms with Crippen LogP contribution in [0.25, 0.3) is 0 Å².